The summed E-state index contributed by atoms with van der Waals surface area (Å²) in [6, 6.07) is 0. The van der Waals surface area contributed by atoms with Crippen LogP contribution in [0.3, 0.4) is 0 Å². The van der Waals surface area contributed by atoms with Gasteiger partial charge in [0.05, 0.1) is 12.8 Å². The van der Waals surface area contributed by atoms with Crippen molar-refractivity contribution in [3.05, 3.63) is 12.2 Å². The molecule has 1 heterocycles. The summed E-state index contributed by atoms with van der Waals surface area (Å²) in [4.78, 5) is 0. The Morgan fingerprint density at radius 2 is 2.33 bits per heavy atom. The van der Waals surface area contributed by atoms with E-state index in [0.717, 1.165) is 6.26 Å². The highest BCUT2D eigenvalue weighted by Crippen LogP contribution is 1.90. The lowest BCUT2D eigenvalue weighted by Gasteiger charge is -2.00. The van der Waals surface area contributed by atoms with Crippen molar-refractivity contribution in [1.82, 2.24) is 19.5 Å². The molecular formula is C5H10N4O2S. The molecule has 1 aromatic rings. The van der Waals surface area contributed by atoms with Gasteiger partial charge in [-0.05, 0) is 0 Å². The van der Waals surface area contributed by atoms with E-state index in [-0.39, 0.29) is 6.54 Å². The lowest BCUT2D eigenvalue weighted by molar-refractivity contribution is 0.583. The van der Waals surface area contributed by atoms with E-state index in [2.05, 4.69) is 14.9 Å². The van der Waals surface area contributed by atoms with E-state index in [1.54, 1.807) is 11.6 Å². The second kappa shape index (κ2) is 3.20. The van der Waals surface area contributed by atoms with E-state index in [9.17, 15) is 8.42 Å². The van der Waals surface area contributed by atoms with Crippen LogP contribution in [0.2, 0.25) is 0 Å². The molecule has 0 aliphatic rings. The molecule has 1 aromatic heterocycles. The molecule has 0 saturated heterocycles. The van der Waals surface area contributed by atoms with Crippen LogP contribution in [0.15, 0.2) is 6.33 Å². The molecule has 0 amide bonds. The van der Waals surface area contributed by atoms with Gasteiger partial charge in [-0.25, -0.2) is 13.1 Å². The van der Waals surface area contributed by atoms with Crippen LogP contribution in [-0.4, -0.2) is 29.4 Å². The largest absolute Gasteiger partial charge is 0.320 e. The van der Waals surface area contributed by atoms with Crippen molar-refractivity contribution in [1.29, 1.82) is 0 Å². The standard InChI is InChI=1S/C5H10N4O2S/c1-9-4-6-8-5(9)3-7-12(2,10)11/h4,7H,3H2,1-2H3. The summed E-state index contributed by atoms with van der Waals surface area (Å²) in [7, 11) is -1.40. The minimum atomic E-state index is -3.15. The molecule has 0 aromatic carbocycles. The molecule has 0 atom stereocenters. The number of hydrogen-bond acceptors (Lipinski definition) is 4. The third kappa shape index (κ3) is 2.59. The first kappa shape index (κ1) is 9.14. The summed E-state index contributed by atoms with van der Waals surface area (Å²) < 4.78 is 25.3. The van der Waals surface area contributed by atoms with Gasteiger partial charge in [0.25, 0.3) is 0 Å². The SMILES string of the molecule is Cn1cnnc1CNS(C)(=O)=O. The molecular weight excluding hydrogens is 180 g/mol. The molecule has 0 aliphatic heterocycles. The number of aromatic nitrogens is 3. The number of nitrogens with one attached hydrogen (secondary N) is 1. The second-order valence-electron chi connectivity index (χ2n) is 2.45. The molecule has 1 rings (SSSR count). The van der Waals surface area contributed by atoms with E-state index in [1.165, 1.54) is 6.33 Å². The van der Waals surface area contributed by atoms with E-state index in [1.807, 2.05) is 0 Å². The molecule has 0 aliphatic carbocycles. The fourth-order valence-electron chi connectivity index (χ4n) is 0.663. The van der Waals surface area contributed by atoms with Gasteiger partial charge < -0.3 is 4.57 Å². The van der Waals surface area contributed by atoms with Gasteiger partial charge in [-0.3, -0.25) is 0 Å². The molecule has 0 radical (unpaired) electrons. The minimum Gasteiger partial charge on any atom is -0.320 e. The maximum Gasteiger partial charge on any atom is 0.209 e. The van der Waals surface area contributed by atoms with Crippen LogP contribution >= 0.6 is 0 Å². The van der Waals surface area contributed by atoms with Crippen molar-refractivity contribution in [2.45, 2.75) is 6.54 Å². The first-order valence-electron chi connectivity index (χ1n) is 3.26. The monoisotopic (exact) mass is 190 g/mol. The summed E-state index contributed by atoms with van der Waals surface area (Å²) in [6.07, 6.45) is 2.61. The molecule has 6 nitrogen and oxygen atoms in total. The summed E-state index contributed by atoms with van der Waals surface area (Å²) in [5.74, 6) is 0.584. The molecule has 12 heavy (non-hydrogen) atoms. The normalized spacial score (nSPS) is 11.8. The number of sulfonamides is 1. The highest BCUT2D eigenvalue weighted by Gasteiger charge is 2.04. The zero-order valence-corrected chi connectivity index (χ0v) is 7.67. The van der Waals surface area contributed by atoms with Crippen LogP contribution in [0.25, 0.3) is 0 Å². The Morgan fingerprint density at radius 3 is 2.75 bits per heavy atom. The maximum absolute atomic E-state index is 10.7. The zero-order chi connectivity index (χ0) is 9.19. The first-order chi connectivity index (χ1) is 5.49. The third-order valence-corrected chi connectivity index (χ3v) is 1.97. The van der Waals surface area contributed by atoms with E-state index >= 15 is 0 Å². The van der Waals surface area contributed by atoms with Crippen LogP contribution in [0, 0.1) is 0 Å². The van der Waals surface area contributed by atoms with Gasteiger partial charge in [0.2, 0.25) is 10.0 Å². The van der Waals surface area contributed by atoms with Gasteiger partial charge in [0.15, 0.2) is 0 Å². The van der Waals surface area contributed by atoms with Crippen molar-refractivity contribution in [3.63, 3.8) is 0 Å². The highest BCUT2D eigenvalue weighted by atomic mass is 32.2. The Bertz CT molecular complexity index is 355. The molecule has 0 bridgehead atoms. The fraction of sp³-hybridized carbons (Fsp3) is 0.600. The van der Waals surface area contributed by atoms with Gasteiger partial charge in [0.1, 0.15) is 12.2 Å². The van der Waals surface area contributed by atoms with E-state index in [4.69, 9.17) is 0 Å². The molecule has 0 unspecified atom stereocenters. The molecule has 0 fully saturated rings. The highest BCUT2D eigenvalue weighted by molar-refractivity contribution is 7.88. The second-order valence-corrected chi connectivity index (χ2v) is 4.28. The smallest absolute Gasteiger partial charge is 0.209 e. The van der Waals surface area contributed by atoms with Crippen molar-refractivity contribution in [2.24, 2.45) is 7.05 Å². The Hall–Kier alpha value is -0.950. The van der Waals surface area contributed by atoms with Crippen molar-refractivity contribution >= 4 is 10.0 Å². The minimum absolute atomic E-state index is 0.176. The summed E-state index contributed by atoms with van der Waals surface area (Å²) >= 11 is 0. The molecule has 68 valence electrons. The van der Waals surface area contributed by atoms with Crippen LogP contribution in [0.1, 0.15) is 5.82 Å². The van der Waals surface area contributed by atoms with Crippen molar-refractivity contribution in [3.8, 4) is 0 Å². The van der Waals surface area contributed by atoms with Crippen LogP contribution in [-0.2, 0) is 23.6 Å². The van der Waals surface area contributed by atoms with Gasteiger partial charge in [-0.15, -0.1) is 10.2 Å². The van der Waals surface area contributed by atoms with E-state index < -0.39 is 10.0 Å². The Labute approximate surface area is 70.7 Å². The topological polar surface area (TPSA) is 76.9 Å². The number of aryl methyl sites for hydroxylation is 1. The molecule has 1 N–H and O–H groups in total. The molecule has 7 heteroatoms. The Balaban J connectivity index is 2.61. The zero-order valence-electron chi connectivity index (χ0n) is 6.85. The number of hydrogen-bond donors (Lipinski definition) is 1. The quantitative estimate of drug-likeness (QED) is 0.654. The summed E-state index contributed by atoms with van der Waals surface area (Å²) in [5.41, 5.74) is 0. The lowest BCUT2D eigenvalue weighted by Crippen LogP contribution is -2.22. The van der Waals surface area contributed by atoms with Crippen LogP contribution in [0.5, 0.6) is 0 Å². The third-order valence-electron chi connectivity index (χ3n) is 1.30. The Morgan fingerprint density at radius 1 is 1.67 bits per heavy atom. The maximum atomic E-state index is 10.7. The van der Waals surface area contributed by atoms with Gasteiger partial charge in [-0.2, -0.15) is 0 Å². The average Bonchev–Trinajstić information content (AvgIpc) is 2.29. The lowest BCUT2D eigenvalue weighted by atomic mass is 10.6. The average molecular weight is 190 g/mol. The van der Waals surface area contributed by atoms with E-state index in [0.29, 0.717) is 5.82 Å². The van der Waals surface area contributed by atoms with Crippen molar-refractivity contribution < 1.29 is 8.42 Å². The molecule has 0 spiro atoms. The number of nitrogens with zero attached hydrogens (tertiary/aromatic N) is 3. The Kier molecular flexibility index (Phi) is 2.43. The van der Waals surface area contributed by atoms with Gasteiger partial charge in [-0.1, -0.05) is 0 Å². The van der Waals surface area contributed by atoms with Gasteiger partial charge >= 0.3 is 0 Å². The summed E-state index contributed by atoms with van der Waals surface area (Å²) in [5, 5.41) is 7.31. The first-order valence-corrected chi connectivity index (χ1v) is 5.16. The van der Waals surface area contributed by atoms with Crippen LogP contribution < -0.4 is 4.72 Å². The van der Waals surface area contributed by atoms with Gasteiger partial charge in [0, 0.05) is 7.05 Å². The van der Waals surface area contributed by atoms with Crippen LogP contribution in [0.4, 0.5) is 0 Å². The predicted molar refractivity (Wildman–Crippen MR) is 42.7 cm³/mol. The fourth-order valence-corrected chi connectivity index (χ4v) is 1.05. The molecule has 0 saturated carbocycles. The van der Waals surface area contributed by atoms with Crippen molar-refractivity contribution in [2.75, 3.05) is 6.26 Å². The number of rotatable bonds is 3. The summed E-state index contributed by atoms with van der Waals surface area (Å²) in [6.45, 7) is 0.176. The predicted octanol–water partition coefficient (Wildman–Crippen LogP) is -1.14.